The van der Waals surface area contributed by atoms with Crippen molar-refractivity contribution in [3.05, 3.63) is 48.4 Å². The summed E-state index contributed by atoms with van der Waals surface area (Å²) in [5, 5.41) is 7.83. The average molecular weight is 313 g/mol. The highest BCUT2D eigenvalue weighted by Crippen LogP contribution is 2.22. The molecule has 0 amide bonds. The Morgan fingerprint density at radius 1 is 1.22 bits per heavy atom. The quantitative estimate of drug-likeness (QED) is 0.623. The maximum atomic E-state index is 11.1. The monoisotopic (exact) mass is 313 g/mol. The van der Waals surface area contributed by atoms with Crippen LogP contribution in [0.3, 0.4) is 0 Å². The summed E-state index contributed by atoms with van der Waals surface area (Å²) >= 11 is 0. The zero-order chi connectivity index (χ0) is 16.1. The van der Waals surface area contributed by atoms with Crippen LogP contribution < -0.4 is 9.47 Å². The number of hydrogen-bond donors (Lipinski definition) is 0. The minimum absolute atomic E-state index is 0.240. The fourth-order valence-electron chi connectivity index (χ4n) is 2.15. The van der Waals surface area contributed by atoms with Gasteiger partial charge in [-0.3, -0.25) is 4.79 Å². The van der Waals surface area contributed by atoms with Gasteiger partial charge in [0.1, 0.15) is 23.8 Å². The maximum absolute atomic E-state index is 11.1. The van der Waals surface area contributed by atoms with E-state index in [4.69, 9.17) is 13.9 Å². The van der Waals surface area contributed by atoms with E-state index >= 15 is 0 Å². The molecule has 0 radical (unpaired) electrons. The van der Waals surface area contributed by atoms with E-state index < -0.39 is 0 Å². The third-order valence-corrected chi connectivity index (χ3v) is 3.26. The number of rotatable bonds is 7. The number of aldehydes is 1. The number of ether oxygens (including phenoxy) is 2. The van der Waals surface area contributed by atoms with Gasteiger partial charge in [-0.05, 0) is 36.4 Å². The van der Waals surface area contributed by atoms with Gasteiger partial charge in [-0.1, -0.05) is 5.21 Å². The second kappa shape index (κ2) is 6.78. The van der Waals surface area contributed by atoms with E-state index in [0.717, 1.165) is 11.5 Å². The van der Waals surface area contributed by atoms with Crippen molar-refractivity contribution in [2.75, 3.05) is 13.7 Å². The summed E-state index contributed by atoms with van der Waals surface area (Å²) in [6.07, 6.45) is 2.20. The van der Waals surface area contributed by atoms with Crippen LogP contribution in [0, 0.1) is 0 Å². The lowest BCUT2D eigenvalue weighted by atomic mass is 10.2. The number of benzene rings is 1. The predicted octanol–water partition coefficient (Wildman–Crippen LogP) is 2.44. The van der Waals surface area contributed by atoms with Gasteiger partial charge in [-0.25, -0.2) is 4.68 Å². The molecule has 7 nitrogen and oxygen atoms in total. The largest absolute Gasteiger partial charge is 0.497 e. The summed E-state index contributed by atoms with van der Waals surface area (Å²) in [6.45, 7) is 0.810. The summed E-state index contributed by atoms with van der Waals surface area (Å²) < 4.78 is 17.7. The van der Waals surface area contributed by atoms with Crippen molar-refractivity contribution in [2.45, 2.75) is 6.54 Å². The highest BCUT2D eigenvalue weighted by molar-refractivity contribution is 5.81. The molecule has 0 aliphatic heterocycles. The van der Waals surface area contributed by atoms with Gasteiger partial charge in [0, 0.05) is 0 Å². The number of nitrogens with zero attached hydrogens (tertiary/aromatic N) is 3. The van der Waals surface area contributed by atoms with Gasteiger partial charge in [0.05, 0.1) is 19.9 Å². The van der Waals surface area contributed by atoms with E-state index in [1.807, 2.05) is 24.3 Å². The van der Waals surface area contributed by atoms with E-state index in [1.165, 1.54) is 6.26 Å². The maximum Gasteiger partial charge on any atom is 0.172 e. The molecule has 1 aromatic carbocycles. The fourth-order valence-corrected chi connectivity index (χ4v) is 2.15. The topological polar surface area (TPSA) is 79.4 Å². The Bertz CT molecular complexity index is 763. The molecule has 0 N–H and O–H groups in total. The summed E-state index contributed by atoms with van der Waals surface area (Å²) in [6, 6.07) is 10.8. The van der Waals surface area contributed by atoms with Crippen molar-refractivity contribution < 1.29 is 18.7 Å². The highest BCUT2D eigenvalue weighted by atomic mass is 16.5. The lowest BCUT2D eigenvalue weighted by Crippen LogP contribution is -2.11. The van der Waals surface area contributed by atoms with Crippen molar-refractivity contribution in [3.8, 4) is 23.0 Å². The molecule has 0 atom stereocenters. The number of carbonyl (C=O) groups excluding carboxylic acids is 1. The van der Waals surface area contributed by atoms with Crippen LogP contribution in [0.1, 0.15) is 10.5 Å². The van der Waals surface area contributed by atoms with Gasteiger partial charge in [0.2, 0.25) is 0 Å². The van der Waals surface area contributed by atoms with Crippen molar-refractivity contribution in [3.63, 3.8) is 0 Å². The molecule has 2 heterocycles. The van der Waals surface area contributed by atoms with Gasteiger partial charge in [-0.2, -0.15) is 0 Å². The van der Waals surface area contributed by atoms with Crippen LogP contribution in [0.25, 0.3) is 11.5 Å². The number of aromatic nitrogens is 3. The summed E-state index contributed by atoms with van der Waals surface area (Å²) in [7, 11) is 1.61. The Labute approximate surface area is 132 Å². The van der Waals surface area contributed by atoms with Crippen molar-refractivity contribution in [1.82, 2.24) is 15.0 Å². The first kappa shape index (κ1) is 14.8. The van der Waals surface area contributed by atoms with Crippen LogP contribution in [0.4, 0.5) is 0 Å². The van der Waals surface area contributed by atoms with E-state index in [9.17, 15) is 4.79 Å². The first-order chi connectivity index (χ1) is 11.3. The molecule has 0 spiro atoms. The van der Waals surface area contributed by atoms with Crippen LogP contribution in [0.15, 0.2) is 47.1 Å². The summed E-state index contributed by atoms with van der Waals surface area (Å²) in [5.41, 5.74) is 0.785. The van der Waals surface area contributed by atoms with E-state index in [2.05, 4.69) is 10.3 Å². The Morgan fingerprint density at radius 3 is 2.65 bits per heavy atom. The molecule has 3 aromatic rings. The van der Waals surface area contributed by atoms with Crippen LogP contribution >= 0.6 is 0 Å². The van der Waals surface area contributed by atoms with Crippen LogP contribution in [-0.4, -0.2) is 35.0 Å². The normalized spacial score (nSPS) is 10.5. The molecule has 2 aromatic heterocycles. The minimum Gasteiger partial charge on any atom is -0.497 e. The van der Waals surface area contributed by atoms with Gasteiger partial charge < -0.3 is 13.9 Å². The summed E-state index contributed by atoms with van der Waals surface area (Å²) in [5.74, 6) is 2.03. The molecule has 0 aliphatic carbocycles. The first-order valence-corrected chi connectivity index (χ1v) is 7.01. The Balaban J connectivity index is 1.68. The number of carbonyl (C=O) groups is 1. The molecule has 0 unspecified atom stereocenters. The molecule has 7 heteroatoms. The number of methoxy groups -OCH3 is 1. The summed E-state index contributed by atoms with van der Waals surface area (Å²) in [4.78, 5) is 11.1. The van der Waals surface area contributed by atoms with Crippen LogP contribution in [0.2, 0.25) is 0 Å². The van der Waals surface area contributed by atoms with Crippen LogP contribution in [-0.2, 0) is 6.54 Å². The SMILES string of the molecule is COc1ccc(OCCn2nnc(C=O)c2-c2ccco2)cc1. The minimum atomic E-state index is 0.240. The molecule has 23 heavy (non-hydrogen) atoms. The van der Waals surface area contributed by atoms with E-state index in [0.29, 0.717) is 30.9 Å². The molecule has 0 aliphatic rings. The third kappa shape index (κ3) is 3.23. The zero-order valence-corrected chi connectivity index (χ0v) is 12.5. The number of hydrogen-bond acceptors (Lipinski definition) is 6. The molecular weight excluding hydrogens is 298 g/mol. The van der Waals surface area contributed by atoms with Crippen LogP contribution in [0.5, 0.6) is 11.5 Å². The van der Waals surface area contributed by atoms with Gasteiger partial charge in [-0.15, -0.1) is 5.10 Å². The second-order valence-electron chi connectivity index (χ2n) is 4.67. The molecule has 118 valence electrons. The fraction of sp³-hybridized carbons (Fsp3) is 0.188. The average Bonchev–Trinajstić information content (AvgIpc) is 3.24. The molecule has 0 bridgehead atoms. The van der Waals surface area contributed by atoms with Gasteiger partial charge in [0.15, 0.2) is 17.7 Å². The zero-order valence-electron chi connectivity index (χ0n) is 12.5. The highest BCUT2D eigenvalue weighted by Gasteiger charge is 2.16. The third-order valence-electron chi connectivity index (χ3n) is 3.26. The standard InChI is InChI=1S/C16H15N3O4/c1-21-12-4-6-13(7-5-12)22-10-8-19-16(14(11-20)17-18-19)15-3-2-9-23-15/h2-7,9,11H,8,10H2,1H3. The van der Waals surface area contributed by atoms with Crippen molar-refractivity contribution >= 4 is 6.29 Å². The number of furan rings is 1. The molecular formula is C16H15N3O4. The predicted molar refractivity (Wildman–Crippen MR) is 81.6 cm³/mol. The first-order valence-electron chi connectivity index (χ1n) is 7.01. The lowest BCUT2D eigenvalue weighted by molar-refractivity contribution is 0.111. The molecule has 0 saturated heterocycles. The van der Waals surface area contributed by atoms with E-state index in [1.54, 1.807) is 23.9 Å². The van der Waals surface area contributed by atoms with Crippen molar-refractivity contribution in [1.29, 1.82) is 0 Å². The Kier molecular flexibility index (Phi) is 4.37. The molecule has 0 saturated carbocycles. The van der Waals surface area contributed by atoms with E-state index in [-0.39, 0.29) is 5.69 Å². The van der Waals surface area contributed by atoms with Gasteiger partial charge >= 0.3 is 0 Å². The Morgan fingerprint density at radius 2 is 2.00 bits per heavy atom. The lowest BCUT2D eigenvalue weighted by Gasteiger charge is -2.08. The Hall–Kier alpha value is -3.09. The second-order valence-corrected chi connectivity index (χ2v) is 4.67. The smallest absolute Gasteiger partial charge is 0.172 e. The molecule has 0 fully saturated rings. The van der Waals surface area contributed by atoms with Crippen molar-refractivity contribution in [2.24, 2.45) is 0 Å². The van der Waals surface area contributed by atoms with Gasteiger partial charge in [0.25, 0.3) is 0 Å². The molecule has 3 rings (SSSR count).